The smallest absolute Gasteiger partial charge is 0.297 e. The van der Waals surface area contributed by atoms with Crippen molar-refractivity contribution >= 4 is 11.3 Å². The second-order valence-corrected chi connectivity index (χ2v) is 2.75. The minimum absolute atomic E-state index is 0.336. The summed E-state index contributed by atoms with van der Waals surface area (Å²) in [5.41, 5.74) is 1.15. The first kappa shape index (κ1) is 8.86. The molecule has 0 bridgehead atoms. The Kier molecular flexibility index (Phi) is 2.03. The molecule has 0 aliphatic heterocycles. The molecule has 0 amide bonds. The number of nitrogens with zero attached hydrogens (tertiary/aromatic N) is 3. The van der Waals surface area contributed by atoms with Crippen LogP contribution in [0.4, 0.5) is 14.5 Å². The summed E-state index contributed by atoms with van der Waals surface area (Å²) in [6.07, 6.45) is -1.08. The van der Waals surface area contributed by atoms with Crippen LogP contribution in [0.3, 0.4) is 0 Å². The van der Waals surface area contributed by atoms with Crippen LogP contribution in [0.15, 0.2) is 18.3 Å². The first-order chi connectivity index (χ1) is 6.72. The highest BCUT2D eigenvalue weighted by Crippen LogP contribution is 2.18. The van der Waals surface area contributed by atoms with Gasteiger partial charge in [-0.15, -0.1) is 10.2 Å². The summed E-state index contributed by atoms with van der Waals surface area (Å²) in [5.74, 6) is -0.336. The van der Waals surface area contributed by atoms with E-state index in [0.29, 0.717) is 5.65 Å². The van der Waals surface area contributed by atoms with Crippen LogP contribution in [0, 0.1) is 0 Å². The van der Waals surface area contributed by atoms with Crippen molar-refractivity contribution in [2.45, 2.75) is 6.43 Å². The zero-order valence-electron chi connectivity index (χ0n) is 7.41. The van der Waals surface area contributed by atoms with Gasteiger partial charge in [0.25, 0.3) is 6.43 Å². The lowest BCUT2D eigenvalue weighted by Gasteiger charge is -2.01. The zero-order valence-corrected chi connectivity index (χ0v) is 7.41. The second kappa shape index (κ2) is 3.21. The van der Waals surface area contributed by atoms with Crippen LogP contribution in [0.1, 0.15) is 12.2 Å². The van der Waals surface area contributed by atoms with Gasteiger partial charge in [0.05, 0.1) is 5.69 Å². The molecule has 0 fully saturated rings. The fourth-order valence-corrected chi connectivity index (χ4v) is 1.21. The van der Waals surface area contributed by atoms with E-state index < -0.39 is 6.43 Å². The summed E-state index contributed by atoms with van der Waals surface area (Å²) in [6, 6.07) is 3.38. The quantitative estimate of drug-likeness (QED) is 0.798. The van der Waals surface area contributed by atoms with Crippen LogP contribution in [0.25, 0.3) is 5.65 Å². The second-order valence-electron chi connectivity index (χ2n) is 2.75. The molecule has 0 saturated carbocycles. The number of aromatic nitrogens is 3. The molecule has 2 aromatic heterocycles. The maximum atomic E-state index is 12.4. The van der Waals surface area contributed by atoms with Crippen molar-refractivity contribution in [3.8, 4) is 0 Å². The predicted octanol–water partition coefficient (Wildman–Crippen LogP) is 1.71. The van der Waals surface area contributed by atoms with Gasteiger partial charge in [0.15, 0.2) is 5.65 Å². The summed E-state index contributed by atoms with van der Waals surface area (Å²) >= 11 is 0. The highest BCUT2D eigenvalue weighted by atomic mass is 19.3. The monoisotopic (exact) mass is 198 g/mol. The molecule has 14 heavy (non-hydrogen) atoms. The van der Waals surface area contributed by atoms with Gasteiger partial charge in [-0.1, -0.05) is 0 Å². The van der Waals surface area contributed by atoms with Gasteiger partial charge >= 0.3 is 0 Å². The van der Waals surface area contributed by atoms with Crippen molar-refractivity contribution in [2.75, 3.05) is 12.4 Å². The van der Waals surface area contributed by atoms with Crippen LogP contribution in [0.2, 0.25) is 0 Å². The van der Waals surface area contributed by atoms with Crippen LogP contribution in [-0.4, -0.2) is 21.6 Å². The molecule has 2 aromatic rings. The molecule has 0 saturated heterocycles. The van der Waals surface area contributed by atoms with E-state index in [0.717, 1.165) is 5.69 Å². The molecule has 0 aliphatic rings. The molecule has 0 atom stereocenters. The number of pyridine rings is 1. The fraction of sp³-hybridized carbons (Fsp3) is 0.250. The number of fused-ring (bicyclic) bond motifs is 1. The largest absolute Gasteiger partial charge is 0.387 e. The van der Waals surface area contributed by atoms with E-state index in [4.69, 9.17) is 0 Å². The molecule has 1 N–H and O–H groups in total. The number of rotatable bonds is 2. The van der Waals surface area contributed by atoms with Crippen molar-refractivity contribution in [1.29, 1.82) is 0 Å². The van der Waals surface area contributed by atoms with E-state index in [1.807, 2.05) is 0 Å². The molecule has 0 spiro atoms. The Balaban J connectivity index is 2.63. The third-order valence-corrected chi connectivity index (χ3v) is 1.91. The number of alkyl halides is 2. The predicted molar refractivity (Wildman–Crippen MR) is 47.5 cm³/mol. The Bertz CT molecular complexity index is 452. The van der Waals surface area contributed by atoms with Crippen LogP contribution in [-0.2, 0) is 0 Å². The van der Waals surface area contributed by atoms with Crippen molar-refractivity contribution < 1.29 is 8.78 Å². The molecular weight excluding hydrogens is 190 g/mol. The van der Waals surface area contributed by atoms with Crippen LogP contribution >= 0.6 is 0 Å². The van der Waals surface area contributed by atoms with Crippen molar-refractivity contribution in [1.82, 2.24) is 14.6 Å². The molecule has 0 radical (unpaired) electrons. The van der Waals surface area contributed by atoms with Gasteiger partial charge in [0.2, 0.25) is 5.82 Å². The lowest BCUT2D eigenvalue weighted by atomic mass is 10.4. The molecule has 74 valence electrons. The van der Waals surface area contributed by atoms with Gasteiger partial charge in [0.1, 0.15) is 0 Å². The van der Waals surface area contributed by atoms with E-state index in [9.17, 15) is 8.78 Å². The third kappa shape index (κ3) is 1.28. The van der Waals surface area contributed by atoms with E-state index in [2.05, 4.69) is 15.5 Å². The minimum atomic E-state index is -2.61. The summed E-state index contributed by atoms with van der Waals surface area (Å²) in [5, 5.41) is 9.88. The summed E-state index contributed by atoms with van der Waals surface area (Å²) in [6.45, 7) is 0. The highest BCUT2D eigenvalue weighted by molar-refractivity contribution is 5.49. The van der Waals surface area contributed by atoms with Crippen molar-refractivity contribution in [2.24, 2.45) is 0 Å². The van der Waals surface area contributed by atoms with Gasteiger partial charge in [-0.25, -0.2) is 8.78 Å². The molecule has 2 heterocycles. The molecule has 0 unspecified atom stereocenters. The topological polar surface area (TPSA) is 42.2 Å². The normalized spacial score (nSPS) is 11.1. The van der Waals surface area contributed by atoms with Crippen LogP contribution < -0.4 is 5.32 Å². The molecular formula is C8H8F2N4. The van der Waals surface area contributed by atoms with Crippen molar-refractivity contribution in [3.05, 3.63) is 24.2 Å². The van der Waals surface area contributed by atoms with Gasteiger partial charge in [0, 0.05) is 13.2 Å². The molecule has 0 aliphatic carbocycles. The summed E-state index contributed by atoms with van der Waals surface area (Å²) in [4.78, 5) is 0. The lowest BCUT2D eigenvalue weighted by molar-refractivity contribution is 0.139. The number of anilines is 1. The van der Waals surface area contributed by atoms with Gasteiger partial charge in [-0.2, -0.15) is 0 Å². The van der Waals surface area contributed by atoms with Crippen LogP contribution in [0.5, 0.6) is 0 Å². The van der Waals surface area contributed by atoms with E-state index in [-0.39, 0.29) is 5.82 Å². The third-order valence-electron chi connectivity index (χ3n) is 1.91. The molecule has 0 aromatic carbocycles. The van der Waals surface area contributed by atoms with Crippen molar-refractivity contribution in [3.63, 3.8) is 0 Å². The van der Waals surface area contributed by atoms with E-state index in [1.165, 1.54) is 10.6 Å². The number of hydrogen-bond acceptors (Lipinski definition) is 3. The Morgan fingerprint density at radius 1 is 1.36 bits per heavy atom. The van der Waals surface area contributed by atoms with E-state index in [1.54, 1.807) is 19.2 Å². The Hall–Kier alpha value is -1.72. The zero-order chi connectivity index (χ0) is 10.1. The van der Waals surface area contributed by atoms with Gasteiger partial charge < -0.3 is 5.32 Å². The molecule has 6 heteroatoms. The Labute approximate surface area is 78.6 Å². The minimum Gasteiger partial charge on any atom is -0.387 e. The highest BCUT2D eigenvalue weighted by Gasteiger charge is 2.15. The number of halogens is 2. The lowest BCUT2D eigenvalue weighted by Crippen LogP contribution is -1.97. The number of nitrogens with one attached hydrogen (secondary N) is 1. The fourth-order valence-electron chi connectivity index (χ4n) is 1.21. The Morgan fingerprint density at radius 2 is 2.14 bits per heavy atom. The SMILES string of the molecule is CNc1ccc2nnc(C(F)F)n2c1. The van der Waals surface area contributed by atoms with Gasteiger partial charge in [-0.3, -0.25) is 4.40 Å². The maximum Gasteiger partial charge on any atom is 0.297 e. The summed E-state index contributed by atoms with van der Waals surface area (Å²) < 4.78 is 26.1. The van der Waals surface area contributed by atoms with Gasteiger partial charge in [-0.05, 0) is 12.1 Å². The summed E-state index contributed by atoms with van der Waals surface area (Å²) in [7, 11) is 1.72. The van der Waals surface area contributed by atoms with E-state index >= 15 is 0 Å². The first-order valence-electron chi connectivity index (χ1n) is 4.03. The standard InChI is InChI=1S/C8H8F2N4/c1-11-5-2-3-6-12-13-8(7(9)10)14(6)4-5/h2-4,7,11H,1H3. The average molecular weight is 198 g/mol. The molecule has 4 nitrogen and oxygen atoms in total. The number of hydrogen-bond donors (Lipinski definition) is 1. The average Bonchev–Trinajstić information content (AvgIpc) is 2.59. The molecule has 2 rings (SSSR count). The Morgan fingerprint density at radius 3 is 2.79 bits per heavy atom. The maximum absolute atomic E-state index is 12.4. The first-order valence-corrected chi connectivity index (χ1v) is 4.03.